The van der Waals surface area contributed by atoms with Crippen LogP contribution in [0.5, 0.6) is 5.75 Å². The van der Waals surface area contributed by atoms with Crippen molar-refractivity contribution in [2.75, 3.05) is 19.4 Å². The maximum absolute atomic E-state index is 11.3. The maximum Gasteiger partial charge on any atom is 0.122 e. The summed E-state index contributed by atoms with van der Waals surface area (Å²) in [5, 5.41) is 3.76. The van der Waals surface area contributed by atoms with Crippen molar-refractivity contribution < 1.29 is 8.95 Å². The average Bonchev–Trinajstić information content (AvgIpc) is 2.85. The van der Waals surface area contributed by atoms with E-state index in [0.29, 0.717) is 6.04 Å². The summed E-state index contributed by atoms with van der Waals surface area (Å²) in [6.07, 6.45) is 3.73. The first-order chi connectivity index (χ1) is 9.08. The van der Waals surface area contributed by atoms with Crippen molar-refractivity contribution in [1.82, 2.24) is 5.32 Å². The molecule has 3 atom stereocenters. The molecule has 0 radical (unpaired) electrons. The summed E-state index contributed by atoms with van der Waals surface area (Å²) in [4.78, 5) is 0. The number of benzene rings is 1. The molecular formula is C15H23NO2S. The van der Waals surface area contributed by atoms with Gasteiger partial charge in [-0.05, 0) is 37.1 Å². The van der Waals surface area contributed by atoms with E-state index < -0.39 is 10.8 Å². The summed E-state index contributed by atoms with van der Waals surface area (Å²) in [7, 11) is -0.726. The van der Waals surface area contributed by atoms with Crippen LogP contribution in [0.3, 0.4) is 0 Å². The first-order valence-corrected chi connectivity index (χ1v) is 8.51. The summed E-state index contributed by atoms with van der Waals surface area (Å²) in [5.74, 6) is 1.03. The Labute approximate surface area is 118 Å². The van der Waals surface area contributed by atoms with E-state index in [4.69, 9.17) is 4.74 Å². The second-order valence-electron chi connectivity index (χ2n) is 5.24. The van der Waals surface area contributed by atoms with Gasteiger partial charge >= 0.3 is 0 Å². The van der Waals surface area contributed by atoms with Gasteiger partial charge in [-0.3, -0.25) is 4.21 Å². The molecule has 1 heterocycles. The lowest BCUT2D eigenvalue weighted by atomic mass is 10.0. The fourth-order valence-corrected chi connectivity index (χ4v) is 2.71. The van der Waals surface area contributed by atoms with Crippen LogP contribution in [0.4, 0.5) is 0 Å². The molecule has 19 heavy (non-hydrogen) atoms. The summed E-state index contributed by atoms with van der Waals surface area (Å²) >= 11 is 0. The molecule has 1 N–H and O–H groups in total. The van der Waals surface area contributed by atoms with Gasteiger partial charge in [0, 0.05) is 34.8 Å². The number of rotatable bonds is 6. The number of hydrogen-bond acceptors (Lipinski definition) is 3. The zero-order chi connectivity index (χ0) is 13.8. The fraction of sp³-hybridized carbons (Fsp3) is 0.600. The molecule has 1 aliphatic heterocycles. The molecule has 2 rings (SSSR count). The highest BCUT2D eigenvalue weighted by Gasteiger charge is 2.14. The van der Waals surface area contributed by atoms with Crippen LogP contribution in [-0.2, 0) is 17.2 Å². The van der Waals surface area contributed by atoms with Crippen LogP contribution in [0, 0.1) is 0 Å². The third kappa shape index (κ3) is 3.80. The first-order valence-electron chi connectivity index (χ1n) is 6.89. The van der Waals surface area contributed by atoms with Crippen molar-refractivity contribution in [3.63, 3.8) is 0 Å². The van der Waals surface area contributed by atoms with Crippen LogP contribution in [0.2, 0.25) is 0 Å². The van der Waals surface area contributed by atoms with Crippen LogP contribution in [0.1, 0.15) is 37.4 Å². The van der Waals surface area contributed by atoms with E-state index in [0.717, 1.165) is 31.7 Å². The van der Waals surface area contributed by atoms with Gasteiger partial charge in [0.05, 0.1) is 6.61 Å². The van der Waals surface area contributed by atoms with E-state index >= 15 is 0 Å². The molecule has 1 aromatic rings. The van der Waals surface area contributed by atoms with E-state index in [1.807, 2.05) is 6.92 Å². The summed E-state index contributed by atoms with van der Waals surface area (Å²) in [6, 6.07) is 6.76. The Morgan fingerprint density at radius 3 is 2.95 bits per heavy atom. The van der Waals surface area contributed by atoms with E-state index in [1.54, 1.807) is 6.26 Å². The second kappa shape index (κ2) is 6.53. The molecule has 0 saturated heterocycles. The molecule has 0 aliphatic carbocycles. The highest BCUT2D eigenvalue weighted by molar-refractivity contribution is 7.84. The van der Waals surface area contributed by atoms with Crippen molar-refractivity contribution in [3.05, 3.63) is 29.3 Å². The molecular weight excluding hydrogens is 258 g/mol. The second-order valence-corrected chi connectivity index (χ2v) is 7.04. The third-order valence-corrected chi connectivity index (χ3v) is 5.15. The minimum atomic E-state index is -0.726. The monoisotopic (exact) mass is 281 g/mol. The average molecular weight is 281 g/mol. The van der Waals surface area contributed by atoms with Gasteiger partial charge in [-0.15, -0.1) is 0 Å². The van der Waals surface area contributed by atoms with Gasteiger partial charge < -0.3 is 10.1 Å². The van der Waals surface area contributed by atoms with Crippen LogP contribution in [0.25, 0.3) is 0 Å². The Hall–Kier alpha value is -0.870. The van der Waals surface area contributed by atoms with Crippen molar-refractivity contribution in [3.8, 4) is 5.75 Å². The largest absolute Gasteiger partial charge is 0.493 e. The zero-order valence-corrected chi connectivity index (χ0v) is 12.8. The SMILES string of the molecule is CC(NCCC(C)S(C)=O)c1ccc2c(c1)CCO2. The quantitative estimate of drug-likeness (QED) is 0.870. The van der Waals surface area contributed by atoms with E-state index in [-0.39, 0.29) is 5.25 Å². The molecule has 0 aromatic heterocycles. The van der Waals surface area contributed by atoms with Crippen LogP contribution < -0.4 is 10.1 Å². The molecule has 3 nitrogen and oxygen atoms in total. The summed E-state index contributed by atoms with van der Waals surface area (Å²) in [6.45, 7) is 5.91. The molecule has 1 aliphatic rings. The minimum absolute atomic E-state index is 0.258. The lowest BCUT2D eigenvalue weighted by Crippen LogP contribution is -2.24. The highest BCUT2D eigenvalue weighted by Crippen LogP contribution is 2.28. The molecule has 1 aromatic carbocycles. The molecule has 0 bridgehead atoms. The summed E-state index contributed by atoms with van der Waals surface area (Å²) in [5.41, 5.74) is 2.61. The molecule has 0 spiro atoms. The van der Waals surface area contributed by atoms with Crippen LogP contribution in [0.15, 0.2) is 18.2 Å². The van der Waals surface area contributed by atoms with Gasteiger partial charge in [0.15, 0.2) is 0 Å². The Morgan fingerprint density at radius 2 is 2.21 bits per heavy atom. The Morgan fingerprint density at radius 1 is 1.42 bits per heavy atom. The highest BCUT2D eigenvalue weighted by atomic mass is 32.2. The van der Waals surface area contributed by atoms with Gasteiger partial charge in [-0.2, -0.15) is 0 Å². The lowest BCUT2D eigenvalue weighted by molar-refractivity contribution is 0.356. The van der Waals surface area contributed by atoms with Gasteiger partial charge in [0.25, 0.3) is 0 Å². The molecule has 0 fully saturated rings. The molecule has 106 valence electrons. The molecule has 0 amide bonds. The van der Waals surface area contributed by atoms with E-state index in [1.165, 1.54) is 11.1 Å². The topological polar surface area (TPSA) is 38.3 Å². The van der Waals surface area contributed by atoms with Crippen molar-refractivity contribution in [2.24, 2.45) is 0 Å². The van der Waals surface area contributed by atoms with Crippen molar-refractivity contribution in [1.29, 1.82) is 0 Å². The Balaban J connectivity index is 1.86. The normalized spacial score (nSPS) is 18.5. The van der Waals surface area contributed by atoms with Gasteiger partial charge in [-0.1, -0.05) is 19.1 Å². The Kier molecular flexibility index (Phi) is 4.99. The van der Waals surface area contributed by atoms with Crippen molar-refractivity contribution in [2.45, 2.75) is 38.0 Å². The van der Waals surface area contributed by atoms with E-state index in [9.17, 15) is 4.21 Å². The minimum Gasteiger partial charge on any atom is -0.493 e. The summed E-state index contributed by atoms with van der Waals surface area (Å²) < 4.78 is 16.8. The van der Waals surface area contributed by atoms with Gasteiger partial charge in [0.1, 0.15) is 5.75 Å². The van der Waals surface area contributed by atoms with Gasteiger partial charge in [0.2, 0.25) is 0 Å². The first kappa shape index (κ1) is 14.5. The predicted octanol–water partition coefficient (Wildman–Crippen LogP) is 2.43. The Bertz CT molecular complexity index is 461. The standard InChI is InChI=1S/C15H23NO2S/c1-11(19(3)17)6-8-16-12(2)13-4-5-15-14(10-13)7-9-18-15/h4-5,10-12,16H,6-9H2,1-3H3. The molecule has 3 unspecified atom stereocenters. The van der Waals surface area contributed by atoms with Crippen molar-refractivity contribution >= 4 is 10.8 Å². The smallest absolute Gasteiger partial charge is 0.122 e. The third-order valence-electron chi connectivity index (χ3n) is 3.78. The van der Waals surface area contributed by atoms with Gasteiger partial charge in [-0.25, -0.2) is 0 Å². The molecule has 4 heteroatoms. The lowest BCUT2D eigenvalue weighted by Gasteiger charge is -2.16. The van der Waals surface area contributed by atoms with E-state index in [2.05, 4.69) is 30.4 Å². The predicted molar refractivity (Wildman–Crippen MR) is 80.2 cm³/mol. The number of fused-ring (bicyclic) bond motifs is 1. The fourth-order valence-electron chi connectivity index (χ4n) is 2.26. The zero-order valence-electron chi connectivity index (χ0n) is 11.9. The number of ether oxygens (including phenoxy) is 1. The van der Waals surface area contributed by atoms with Crippen LogP contribution >= 0.6 is 0 Å². The number of nitrogens with one attached hydrogen (secondary N) is 1. The maximum atomic E-state index is 11.3. The van der Waals surface area contributed by atoms with Crippen LogP contribution in [-0.4, -0.2) is 28.9 Å². The number of hydrogen-bond donors (Lipinski definition) is 1. The molecule has 0 saturated carbocycles.